The van der Waals surface area contributed by atoms with E-state index in [2.05, 4.69) is 4.72 Å². The Morgan fingerprint density at radius 1 is 1.54 bits per heavy atom. The van der Waals surface area contributed by atoms with Gasteiger partial charge in [-0.15, -0.1) is 0 Å². The van der Waals surface area contributed by atoms with Crippen molar-refractivity contribution in [2.45, 2.75) is 19.3 Å². The van der Waals surface area contributed by atoms with Crippen LogP contribution in [0.1, 0.15) is 19.3 Å². The van der Waals surface area contributed by atoms with Gasteiger partial charge in [-0.25, -0.2) is 13.1 Å². The van der Waals surface area contributed by atoms with Gasteiger partial charge in [-0.3, -0.25) is 4.79 Å². The molecule has 1 saturated carbocycles. The maximum absolute atomic E-state index is 10.8. The van der Waals surface area contributed by atoms with Crippen LogP contribution in [0.3, 0.4) is 0 Å². The summed E-state index contributed by atoms with van der Waals surface area (Å²) in [5.74, 6) is -0.907. The summed E-state index contributed by atoms with van der Waals surface area (Å²) in [7, 11) is -3.28. The lowest BCUT2D eigenvalue weighted by atomic mass is 9.69. The van der Waals surface area contributed by atoms with E-state index in [0.29, 0.717) is 12.8 Å². The molecule has 5 nitrogen and oxygen atoms in total. The summed E-state index contributed by atoms with van der Waals surface area (Å²) in [6.07, 6.45) is 3.01. The van der Waals surface area contributed by atoms with Crippen molar-refractivity contribution in [3.63, 3.8) is 0 Å². The summed E-state index contributed by atoms with van der Waals surface area (Å²) in [5, 5.41) is 8.85. The van der Waals surface area contributed by atoms with Crippen LogP contribution in [0.25, 0.3) is 0 Å². The Balaban J connectivity index is 2.56. The maximum Gasteiger partial charge on any atom is 0.310 e. The number of carboxylic acids is 1. The molecule has 1 rings (SSSR count). The van der Waals surface area contributed by atoms with E-state index in [1.54, 1.807) is 0 Å². The third kappa shape index (κ3) is 2.41. The number of hydrogen-bond acceptors (Lipinski definition) is 3. The highest BCUT2D eigenvalue weighted by atomic mass is 32.2. The molecule has 0 amide bonds. The number of carboxylic acid groups (broad SMARTS) is 1. The average molecular weight is 207 g/mol. The van der Waals surface area contributed by atoms with Gasteiger partial charge in [0.1, 0.15) is 0 Å². The zero-order valence-corrected chi connectivity index (χ0v) is 8.23. The third-order valence-corrected chi connectivity index (χ3v) is 3.11. The maximum atomic E-state index is 10.8. The summed E-state index contributed by atoms with van der Waals surface area (Å²) >= 11 is 0. The second-order valence-electron chi connectivity index (χ2n) is 3.53. The molecule has 1 aliphatic rings. The second-order valence-corrected chi connectivity index (χ2v) is 5.37. The molecule has 1 fully saturated rings. The zero-order valence-electron chi connectivity index (χ0n) is 7.41. The molecule has 0 aromatic rings. The molecule has 0 atom stereocenters. The Bertz CT molecular complexity index is 304. The van der Waals surface area contributed by atoms with E-state index in [1.165, 1.54) is 0 Å². The van der Waals surface area contributed by atoms with Crippen LogP contribution in [0.5, 0.6) is 0 Å². The molecular formula is C7H13NO4S. The minimum absolute atomic E-state index is 0.0150. The van der Waals surface area contributed by atoms with Crippen molar-refractivity contribution in [1.29, 1.82) is 0 Å². The Kier molecular flexibility index (Phi) is 2.63. The van der Waals surface area contributed by atoms with Crippen LogP contribution in [0.2, 0.25) is 0 Å². The molecule has 13 heavy (non-hydrogen) atoms. The van der Waals surface area contributed by atoms with Crippen molar-refractivity contribution in [3.8, 4) is 0 Å². The van der Waals surface area contributed by atoms with E-state index in [1.807, 2.05) is 0 Å². The fourth-order valence-corrected chi connectivity index (χ4v) is 1.88. The fourth-order valence-electron chi connectivity index (χ4n) is 1.34. The standard InChI is InChI=1S/C7H13NO4S/c1-13(11,12)8-5-7(6(9)10)3-2-4-7/h8H,2-5H2,1H3,(H,9,10). The minimum atomic E-state index is -3.28. The monoisotopic (exact) mass is 207 g/mol. The van der Waals surface area contributed by atoms with Crippen LogP contribution >= 0.6 is 0 Å². The summed E-state index contributed by atoms with van der Waals surface area (Å²) in [6, 6.07) is 0. The smallest absolute Gasteiger partial charge is 0.310 e. The lowest BCUT2D eigenvalue weighted by molar-refractivity contribution is -0.153. The molecule has 0 radical (unpaired) electrons. The molecule has 0 saturated heterocycles. The molecule has 2 N–H and O–H groups in total. The first kappa shape index (κ1) is 10.5. The van der Waals surface area contributed by atoms with Crippen molar-refractivity contribution in [2.24, 2.45) is 5.41 Å². The number of carbonyl (C=O) groups is 1. The zero-order chi connectivity index (χ0) is 10.1. The van der Waals surface area contributed by atoms with E-state index in [4.69, 9.17) is 5.11 Å². The highest BCUT2D eigenvalue weighted by Gasteiger charge is 2.44. The highest BCUT2D eigenvalue weighted by molar-refractivity contribution is 7.88. The first-order valence-electron chi connectivity index (χ1n) is 4.04. The van der Waals surface area contributed by atoms with Gasteiger partial charge in [-0.05, 0) is 12.8 Å². The lowest BCUT2D eigenvalue weighted by Crippen LogP contribution is -2.47. The molecular weight excluding hydrogens is 194 g/mol. The molecule has 1 aliphatic carbocycles. The molecule has 0 aromatic carbocycles. The van der Waals surface area contributed by atoms with Gasteiger partial charge >= 0.3 is 5.97 Å². The van der Waals surface area contributed by atoms with Crippen molar-refractivity contribution < 1.29 is 18.3 Å². The Labute approximate surface area is 77.2 Å². The molecule has 6 heteroatoms. The van der Waals surface area contributed by atoms with Gasteiger partial charge in [-0.1, -0.05) is 6.42 Å². The first-order valence-corrected chi connectivity index (χ1v) is 5.93. The van der Waals surface area contributed by atoms with Gasteiger partial charge in [0.25, 0.3) is 0 Å². The predicted octanol–water partition coefficient (Wildman–Crippen LogP) is -0.210. The summed E-state index contributed by atoms with van der Waals surface area (Å²) in [5.41, 5.74) is -0.844. The largest absolute Gasteiger partial charge is 0.481 e. The van der Waals surface area contributed by atoms with Crippen molar-refractivity contribution in [2.75, 3.05) is 12.8 Å². The molecule has 0 heterocycles. The molecule has 0 aliphatic heterocycles. The van der Waals surface area contributed by atoms with Gasteiger partial charge in [0, 0.05) is 6.54 Å². The van der Waals surface area contributed by atoms with E-state index in [0.717, 1.165) is 12.7 Å². The van der Waals surface area contributed by atoms with Crippen LogP contribution in [-0.4, -0.2) is 32.3 Å². The van der Waals surface area contributed by atoms with E-state index in [-0.39, 0.29) is 6.54 Å². The summed E-state index contributed by atoms with van der Waals surface area (Å²) < 4.78 is 23.7. The number of sulfonamides is 1. The summed E-state index contributed by atoms with van der Waals surface area (Å²) in [4.78, 5) is 10.8. The van der Waals surface area contributed by atoms with E-state index in [9.17, 15) is 13.2 Å². The predicted molar refractivity (Wildman–Crippen MR) is 46.8 cm³/mol. The number of nitrogens with one attached hydrogen (secondary N) is 1. The average Bonchev–Trinajstić information content (AvgIpc) is 1.80. The van der Waals surface area contributed by atoms with Crippen LogP contribution in [-0.2, 0) is 14.8 Å². The molecule has 0 bridgehead atoms. The molecule has 0 aromatic heterocycles. The van der Waals surface area contributed by atoms with Gasteiger partial charge < -0.3 is 5.11 Å². The number of hydrogen-bond donors (Lipinski definition) is 2. The van der Waals surface area contributed by atoms with E-state index >= 15 is 0 Å². The topological polar surface area (TPSA) is 83.5 Å². The van der Waals surface area contributed by atoms with Gasteiger partial charge in [0.15, 0.2) is 0 Å². The van der Waals surface area contributed by atoms with Crippen LogP contribution in [0.4, 0.5) is 0 Å². The Morgan fingerprint density at radius 3 is 2.31 bits per heavy atom. The van der Waals surface area contributed by atoms with Crippen LogP contribution in [0, 0.1) is 5.41 Å². The van der Waals surface area contributed by atoms with Gasteiger partial charge in [0.2, 0.25) is 10.0 Å². The van der Waals surface area contributed by atoms with Gasteiger partial charge in [-0.2, -0.15) is 0 Å². The second kappa shape index (κ2) is 3.26. The fraction of sp³-hybridized carbons (Fsp3) is 0.857. The lowest BCUT2D eigenvalue weighted by Gasteiger charge is -2.37. The quantitative estimate of drug-likeness (QED) is 0.668. The number of rotatable bonds is 4. The Morgan fingerprint density at radius 2 is 2.08 bits per heavy atom. The van der Waals surface area contributed by atoms with Crippen LogP contribution < -0.4 is 4.72 Å². The van der Waals surface area contributed by atoms with E-state index < -0.39 is 21.4 Å². The van der Waals surface area contributed by atoms with Crippen LogP contribution in [0.15, 0.2) is 0 Å². The molecule has 0 spiro atoms. The number of aliphatic carboxylic acids is 1. The first-order chi connectivity index (χ1) is 5.86. The molecule has 0 unspecified atom stereocenters. The van der Waals surface area contributed by atoms with Gasteiger partial charge in [0.05, 0.1) is 11.7 Å². The molecule has 76 valence electrons. The minimum Gasteiger partial charge on any atom is -0.481 e. The van der Waals surface area contributed by atoms with Crippen molar-refractivity contribution in [3.05, 3.63) is 0 Å². The Hall–Kier alpha value is -0.620. The third-order valence-electron chi connectivity index (χ3n) is 2.44. The van der Waals surface area contributed by atoms with Crippen molar-refractivity contribution in [1.82, 2.24) is 4.72 Å². The highest BCUT2D eigenvalue weighted by Crippen LogP contribution is 2.40. The SMILES string of the molecule is CS(=O)(=O)NCC1(C(=O)O)CCC1. The summed E-state index contributed by atoms with van der Waals surface area (Å²) in [6.45, 7) is 0.0150. The van der Waals surface area contributed by atoms with Crippen molar-refractivity contribution >= 4 is 16.0 Å². The normalized spacial score (nSPS) is 20.7.